The van der Waals surface area contributed by atoms with Crippen molar-refractivity contribution in [3.63, 3.8) is 0 Å². The molecule has 2 nitrogen and oxygen atoms in total. The molecule has 0 fully saturated rings. The Morgan fingerprint density at radius 2 is 2.00 bits per heavy atom. The molecule has 0 amide bonds. The number of halogens is 1. The van der Waals surface area contributed by atoms with E-state index >= 15 is 0 Å². The third-order valence-electron chi connectivity index (χ3n) is 2.94. The fourth-order valence-corrected chi connectivity index (χ4v) is 1.76. The van der Waals surface area contributed by atoms with Crippen LogP contribution in [0.25, 0.3) is 0 Å². The average molecular weight is 231 g/mol. The first-order chi connectivity index (χ1) is 8.01. The van der Waals surface area contributed by atoms with Gasteiger partial charge in [-0.05, 0) is 43.2 Å². The highest BCUT2D eigenvalue weighted by Crippen LogP contribution is 2.29. The number of hydrogen-bond acceptors (Lipinski definition) is 2. The third-order valence-corrected chi connectivity index (χ3v) is 2.94. The molecule has 2 aromatic rings. The number of hydrogen-bond donors (Lipinski definition) is 1. The number of aryl methyl sites for hydroxylation is 1. The molecule has 1 heterocycles. The molecule has 1 N–H and O–H groups in total. The highest BCUT2D eigenvalue weighted by molar-refractivity contribution is 5.36. The Morgan fingerprint density at radius 3 is 2.59 bits per heavy atom. The normalized spacial score (nSPS) is 14.4. The van der Waals surface area contributed by atoms with Gasteiger partial charge in [0, 0.05) is 18.0 Å². The topological polar surface area (TPSA) is 33.1 Å². The minimum atomic E-state index is -1.16. The molecule has 0 bridgehead atoms. The van der Waals surface area contributed by atoms with Gasteiger partial charge in [-0.3, -0.25) is 4.98 Å². The lowest BCUT2D eigenvalue weighted by Crippen LogP contribution is -2.23. The first-order valence-electron chi connectivity index (χ1n) is 5.41. The predicted molar refractivity (Wildman–Crippen MR) is 64.0 cm³/mol. The lowest BCUT2D eigenvalue weighted by Gasteiger charge is -2.24. The molecule has 1 aromatic carbocycles. The Kier molecular flexibility index (Phi) is 2.94. The van der Waals surface area contributed by atoms with E-state index in [9.17, 15) is 9.50 Å². The van der Waals surface area contributed by atoms with Crippen LogP contribution in [0.3, 0.4) is 0 Å². The number of pyridine rings is 1. The number of benzene rings is 1. The van der Waals surface area contributed by atoms with Crippen molar-refractivity contribution in [2.45, 2.75) is 19.4 Å². The SMILES string of the molecule is Cc1cc(C(C)(O)c2cccnc2)ccc1F. The van der Waals surface area contributed by atoms with Crippen LogP contribution >= 0.6 is 0 Å². The Bertz CT molecular complexity index is 523. The minimum absolute atomic E-state index is 0.268. The zero-order chi connectivity index (χ0) is 12.5. The maximum absolute atomic E-state index is 13.2. The summed E-state index contributed by atoms with van der Waals surface area (Å²) < 4.78 is 13.2. The molecular weight excluding hydrogens is 217 g/mol. The van der Waals surface area contributed by atoms with E-state index in [1.165, 1.54) is 6.07 Å². The molecule has 0 saturated heterocycles. The molecule has 1 unspecified atom stereocenters. The molecule has 0 aliphatic carbocycles. The molecule has 0 saturated carbocycles. The van der Waals surface area contributed by atoms with Gasteiger partial charge >= 0.3 is 0 Å². The van der Waals surface area contributed by atoms with E-state index < -0.39 is 5.60 Å². The lowest BCUT2D eigenvalue weighted by atomic mass is 9.88. The van der Waals surface area contributed by atoms with Gasteiger partial charge in [0.05, 0.1) is 0 Å². The Labute approximate surface area is 99.8 Å². The van der Waals surface area contributed by atoms with E-state index in [4.69, 9.17) is 0 Å². The largest absolute Gasteiger partial charge is 0.381 e. The first-order valence-corrected chi connectivity index (χ1v) is 5.41. The van der Waals surface area contributed by atoms with Crippen LogP contribution in [0.4, 0.5) is 4.39 Å². The molecule has 88 valence electrons. The molecular formula is C14H14FNO. The second-order valence-corrected chi connectivity index (χ2v) is 4.28. The summed E-state index contributed by atoms with van der Waals surface area (Å²) >= 11 is 0. The molecule has 17 heavy (non-hydrogen) atoms. The average Bonchev–Trinajstić information content (AvgIpc) is 2.33. The highest BCUT2D eigenvalue weighted by atomic mass is 19.1. The van der Waals surface area contributed by atoms with Gasteiger partial charge in [0.25, 0.3) is 0 Å². The fraction of sp³-hybridized carbons (Fsp3) is 0.214. The van der Waals surface area contributed by atoms with Crippen molar-refractivity contribution in [2.24, 2.45) is 0 Å². The minimum Gasteiger partial charge on any atom is -0.381 e. The van der Waals surface area contributed by atoms with E-state index in [1.54, 1.807) is 50.5 Å². The summed E-state index contributed by atoms with van der Waals surface area (Å²) in [6.07, 6.45) is 3.26. The molecule has 3 heteroatoms. The van der Waals surface area contributed by atoms with Crippen LogP contribution in [0.5, 0.6) is 0 Å². The van der Waals surface area contributed by atoms with Gasteiger partial charge < -0.3 is 5.11 Å². The Hall–Kier alpha value is -1.74. The van der Waals surface area contributed by atoms with Gasteiger partial charge in [0.2, 0.25) is 0 Å². The molecule has 1 atom stereocenters. The summed E-state index contributed by atoms with van der Waals surface area (Å²) in [6.45, 7) is 3.36. The van der Waals surface area contributed by atoms with Gasteiger partial charge in [-0.25, -0.2) is 4.39 Å². The lowest BCUT2D eigenvalue weighted by molar-refractivity contribution is 0.102. The van der Waals surface area contributed by atoms with Crippen molar-refractivity contribution in [1.82, 2.24) is 4.98 Å². The molecule has 0 aliphatic rings. The van der Waals surface area contributed by atoms with Gasteiger partial charge in [-0.1, -0.05) is 12.1 Å². The monoisotopic (exact) mass is 231 g/mol. The van der Waals surface area contributed by atoms with Gasteiger partial charge in [0.1, 0.15) is 11.4 Å². The molecule has 1 aromatic heterocycles. The Balaban J connectivity index is 2.48. The van der Waals surface area contributed by atoms with Crippen LogP contribution in [0, 0.1) is 12.7 Å². The van der Waals surface area contributed by atoms with Crippen molar-refractivity contribution in [1.29, 1.82) is 0 Å². The van der Waals surface area contributed by atoms with Crippen LogP contribution in [-0.4, -0.2) is 10.1 Å². The van der Waals surface area contributed by atoms with Crippen LogP contribution in [-0.2, 0) is 5.60 Å². The van der Waals surface area contributed by atoms with E-state index in [0.29, 0.717) is 16.7 Å². The van der Waals surface area contributed by atoms with Gasteiger partial charge in [-0.15, -0.1) is 0 Å². The maximum Gasteiger partial charge on any atom is 0.126 e. The second-order valence-electron chi connectivity index (χ2n) is 4.28. The van der Waals surface area contributed by atoms with E-state index in [2.05, 4.69) is 4.98 Å². The molecule has 0 radical (unpaired) electrons. The number of aliphatic hydroxyl groups is 1. The van der Waals surface area contributed by atoms with E-state index in [1.807, 2.05) is 0 Å². The van der Waals surface area contributed by atoms with Gasteiger partial charge in [-0.2, -0.15) is 0 Å². The number of nitrogens with zero attached hydrogens (tertiary/aromatic N) is 1. The maximum atomic E-state index is 13.2. The van der Waals surface area contributed by atoms with Crippen LogP contribution in [0.1, 0.15) is 23.6 Å². The zero-order valence-electron chi connectivity index (χ0n) is 9.81. The van der Waals surface area contributed by atoms with E-state index in [-0.39, 0.29) is 5.82 Å². The smallest absolute Gasteiger partial charge is 0.126 e. The highest BCUT2D eigenvalue weighted by Gasteiger charge is 2.26. The fourth-order valence-electron chi connectivity index (χ4n) is 1.76. The van der Waals surface area contributed by atoms with Crippen LogP contribution in [0.15, 0.2) is 42.7 Å². The summed E-state index contributed by atoms with van der Waals surface area (Å²) in [7, 11) is 0. The summed E-state index contributed by atoms with van der Waals surface area (Å²) in [5, 5.41) is 10.5. The van der Waals surface area contributed by atoms with Crippen molar-refractivity contribution >= 4 is 0 Å². The van der Waals surface area contributed by atoms with Crippen molar-refractivity contribution in [2.75, 3.05) is 0 Å². The third kappa shape index (κ3) is 2.19. The predicted octanol–water partition coefficient (Wildman–Crippen LogP) is 2.78. The number of rotatable bonds is 2. The summed E-state index contributed by atoms with van der Waals surface area (Å²) in [4.78, 5) is 3.98. The summed E-state index contributed by atoms with van der Waals surface area (Å²) in [5.41, 5.74) is 0.703. The number of aromatic nitrogens is 1. The van der Waals surface area contributed by atoms with Crippen molar-refractivity contribution in [3.8, 4) is 0 Å². The van der Waals surface area contributed by atoms with Crippen molar-refractivity contribution in [3.05, 3.63) is 65.2 Å². The van der Waals surface area contributed by atoms with E-state index in [0.717, 1.165) is 0 Å². The van der Waals surface area contributed by atoms with Gasteiger partial charge in [0.15, 0.2) is 0 Å². The zero-order valence-corrected chi connectivity index (χ0v) is 9.81. The van der Waals surface area contributed by atoms with Crippen LogP contribution in [0.2, 0.25) is 0 Å². The molecule has 2 rings (SSSR count). The summed E-state index contributed by atoms with van der Waals surface area (Å²) in [6, 6.07) is 8.18. The summed E-state index contributed by atoms with van der Waals surface area (Å²) in [5.74, 6) is -0.268. The second kappa shape index (κ2) is 4.26. The Morgan fingerprint density at radius 1 is 1.24 bits per heavy atom. The van der Waals surface area contributed by atoms with Crippen molar-refractivity contribution < 1.29 is 9.50 Å². The standard InChI is InChI=1S/C14H14FNO/c1-10-8-11(5-6-13(10)15)14(2,17)12-4-3-7-16-9-12/h3-9,17H,1-2H3. The first kappa shape index (κ1) is 11.7. The van der Waals surface area contributed by atoms with Crippen LogP contribution < -0.4 is 0 Å². The molecule has 0 spiro atoms. The quantitative estimate of drug-likeness (QED) is 0.862. The molecule has 0 aliphatic heterocycles.